The maximum absolute atomic E-state index is 9.22. The van der Waals surface area contributed by atoms with Gasteiger partial charge in [-0.2, -0.15) is 0 Å². The van der Waals surface area contributed by atoms with Crippen LogP contribution in [-0.4, -0.2) is 11.7 Å². The van der Waals surface area contributed by atoms with Gasteiger partial charge in [-0.15, -0.1) is 12.4 Å². The van der Waals surface area contributed by atoms with Crippen molar-refractivity contribution < 1.29 is 5.11 Å². The molecule has 0 spiro atoms. The lowest BCUT2D eigenvalue weighted by Crippen LogP contribution is -2.01. The van der Waals surface area contributed by atoms with E-state index < -0.39 is 0 Å². The Hall–Kier alpha value is -0.730. The van der Waals surface area contributed by atoms with Crippen LogP contribution in [0.2, 0.25) is 0 Å². The molecule has 2 nitrogen and oxygen atoms in total. The van der Waals surface area contributed by atoms with Crippen molar-refractivity contribution >= 4 is 12.4 Å². The van der Waals surface area contributed by atoms with Crippen molar-refractivity contribution in [3.8, 4) is 5.75 Å². The second-order valence-corrected chi connectivity index (χ2v) is 3.43. The molecule has 13 heavy (non-hydrogen) atoms. The fourth-order valence-electron chi connectivity index (χ4n) is 1.67. The van der Waals surface area contributed by atoms with Crippen LogP contribution in [0, 0.1) is 5.92 Å². The summed E-state index contributed by atoms with van der Waals surface area (Å²) in [5.41, 5.74) is 6.76. The summed E-state index contributed by atoms with van der Waals surface area (Å²) in [6.07, 6.45) is 1.18. The van der Waals surface area contributed by atoms with Crippen LogP contribution in [0.15, 0.2) is 24.3 Å². The van der Waals surface area contributed by atoms with Gasteiger partial charge in [-0.25, -0.2) is 0 Å². The highest BCUT2D eigenvalue weighted by molar-refractivity contribution is 5.85. The highest BCUT2D eigenvalue weighted by Crippen LogP contribution is 2.47. The van der Waals surface area contributed by atoms with Gasteiger partial charge in [0, 0.05) is 0 Å². The highest BCUT2D eigenvalue weighted by Gasteiger charge is 2.36. The van der Waals surface area contributed by atoms with Gasteiger partial charge < -0.3 is 10.8 Å². The van der Waals surface area contributed by atoms with E-state index in [2.05, 4.69) is 6.07 Å². The third-order valence-corrected chi connectivity index (χ3v) is 2.52. The Bertz CT molecular complexity index is 290. The number of aromatic hydroxyl groups is 1. The van der Waals surface area contributed by atoms with E-state index in [4.69, 9.17) is 5.73 Å². The Morgan fingerprint density at radius 1 is 1.46 bits per heavy atom. The zero-order chi connectivity index (χ0) is 8.55. The summed E-state index contributed by atoms with van der Waals surface area (Å²) in [5.74, 6) is 1.60. The Morgan fingerprint density at radius 2 is 2.23 bits per heavy atom. The molecule has 1 aliphatic rings. The highest BCUT2D eigenvalue weighted by atomic mass is 35.5. The van der Waals surface area contributed by atoms with Crippen molar-refractivity contribution in [2.45, 2.75) is 12.3 Å². The largest absolute Gasteiger partial charge is 0.508 e. The van der Waals surface area contributed by atoms with Crippen molar-refractivity contribution in [2.75, 3.05) is 6.54 Å². The number of hydrogen-bond donors (Lipinski definition) is 2. The summed E-state index contributed by atoms with van der Waals surface area (Å²) in [4.78, 5) is 0. The molecule has 2 atom stereocenters. The van der Waals surface area contributed by atoms with Crippen LogP contribution in [0.1, 0.15) is 17.9 Å². The summed E-state index contributed by atoms with van der Waals surface area (Å²) in [7, 11) is 0. The lowest BCUT2D eigenvalue weighted by atomic mass is 10.1. The Balaban J connectivity index is 0.000000845. The minimum Gasteiger partial charge on any atom is -0.508 e. The van der Waals surface area contributed by atoms with Gasteiger partial charge in [0.2, 0.25) is 0 Å². The molecular weight excluding hydrogens is 186 g/mol. The predicted molar refractivity (Wildman–Crippen MR) is 55.3 cm³/mol. The normalized spacial score (nSPS) is 25.0. The summed E-state index contributed by atoms with van der Waals surface area (Å²) < 4.78 is 0. The molecule has 1 aromatic carbocycles. The standard InChI is InChI=1S/C10H13NO.ClH/c11-6-8-5-10(8)7-2-1-3-9(12)4-7;/h1-4,8,10,12H,5-6,11H2;1H/t8-,10-;/m1./s1. The number of hydrogen-bond acceptors (Lipinski definition) is 2. The van der Waals surface area contributed by atoms with Gasteiger partial charge in [0.25, 0.3) is 0 Å². The van der Waals surface area contributed by atoms with Crippen LogP contribution < -0.4 is 5.73 Å². The van der Waals surface area contributed by atoms with E-state index >= 15 is 0 Å². The molecule has 0 heterocycles. The van der Waals surface area contributed by atoms with Crippen LogP contribution in [0.5, 0.6) is 5.75 Å². The second kappa shape index (κ2) is 3.99. The first-order chi connectivity index (χ1) is 5.81. The monoisotopic (exact) mass is 199 g/mol. The molecule has 0 bridgehead atoms. The van der Waals surface area contributed by atoms with Crippen LogP contribution in [0.4, 0.5) is 0 Å². The zero-order valence-corrected chi connectivity index (χ0v) is 8.13. The SMILES string of the molecule is Cl.NC[C@H]1C[C@@H]1c1cccc(O)c1. The molecule has 1 saturated carbocycles. The van der Waals surface area contributed by atoms with E-state index in [1.165, 1.54) is 12.0 Å². The molecule has 1 fully saturated rings. The second-order valence-electron chi connectivity index (χ2n) is 3.43. The van der Waals surface area contributed by atoms with E-state index in [-0.39, 0.29) is 12.4 Å². The molecule has 0 aromatic heterocycles. The average molecular weight is 200 g/mol. The van der Waals surface area contributed by atoms with Crippen LogP contribution in [-0.2, 0) is 0 Å². The Labute approximate surface area is 84.2 Å². The third kappa shape index (κ3) is 2.14. The van der Waals surface area contributed by atoms with E-state index in [1.807, 2.05) is 12.1 Å². The molecule has 3 N–H and O–H groups in total. The number of phenolic OH excluding ortho intramolecular Hbond substituents is 1. The van der Waals surface area contributed by atoms with Crippen molar-refractivity contribution in [1.82, 2.24) is 0 Å². The van der Waals surface area contributed by atoms with Crippen molar-refractivity contribution in [1.29, 1.82) is 0 Å². The molecule has 0 unspecified atom stereocenters. The van der Waals surface area contributed by atoms with Crippen molar-refractivity contribution in [3.05, 3.63) is 29.8 Å². The van der Waals surface area contributed by atoms with Crippen molar-refractivity contribution in [3.63, 3.8) is 0 Å². The maximum atomic E-state index is 9.22. The molecule has 72 valence electrons. The number of halogens is 1. The molecule has 3 heteroatoms. The summed E-state index contributed by atoms with van der Waals surface area (Å²) in [6, 6.07) is 7.47. The van der Waals surface area contributed by atoms with Gasteiger partial charge in [0.15, 0.2) is 0 Å². The first-order valence-electron chi connectivity index (χ1n) is 4.30. The molecule has 0 aliphatic heterocycles. The Kier molecular flexibility index (Phi) is 3.17. The lowest BCUT2D eigenvalue weighted by molar-refractivity contribution is 0.474. The molecule has 0 amide bonds. The minimum atomic E-state index is 0. The molecule has 1 aromatic rings. The van der Waals surface area contributed by atoms with Gasteiger partial charge in [0.1, 0.15) is 5.75 Å². The van der Waals surface area contributed by atoms with E-state index in [1.54, 1.807) is 6.07 Å². The fraction of sp³-hybridized carbons (Fsp3) is 0.400. The van der Waals surface area contributed by atoms with Crippen molar-refractivity contribution in [2.24, 2.45) is 11.7 Å². The summed E-state index contributed by atoms with van der Waals surface area (Å²) >= 11 is 0. The first-order valence-corrected chi connectivity index (χ1v) is 4.30. The van der Waals surface area contributed by atoms with Gasteiger partial charge in [0.05, 0.1) is 0 Å². The molecule has 1 aliphatic carbocycles. The molecule has 0 radical (unpaired) electrons. The van der Waals surface area contributed by atoms with Gasteiger partial charge >= 0.3 is 0 Å². The van der Waals surface area contributed by atoms with Crippen LogP contribution >= 0.6 is 12.4 Å². The number of rotatable bonds is 2. The zero-order valence-electron chi connectivity index (χ0n) is 7.31. The Morgan fingerprint density at radius 3 is 2.77 bits per heavy atom. The summed E-state index contributed by atoms with van der Waals surface area (Å²) in [5, 5.41) is 9.22. The van der Waals surface area contributed by atoms with Gasteiger partial charge in [-0.1, -0.05) is 12.1 Å². The quantitative estimate of drug-likeness (QED) is 0.764. The molecule has 0 saturated heterocycles. The smallest absolute Gasteiger partial charge is 0.115 e. The minimum absolute atomic E-state index is 0. The lowest BCUT2D eigenvalue weighted by Gasteiger charge is -1.99. The van der Waals surface area contributed by atoms with Crippen LogP contribution in [0.25, 0.3) is 0 Å². The molecule has 2 rings (SSSR count). The first kappa shape index (κ1) is 10.4. The number of nitrogens with two attached hydrogens (primary N) is 1. The van der Waals surface area contributed by atoms with Gasteiger partial charge in [-0.05, 0) is 42.5 Å². The van der Waals surface area contributed by atoms with Crippen LogP contribution in [0.3, 0.4) is 0 Å². The fourth-order valence-corrected chi connectivity index (χ4v) is 1.67. The third-order valence-electron chi connectivity index (χ3n) is 2.52. The maximum Gasteiger partial charge on any atom is 0.115 e. The molecular formula is C10H14ClNO. The number of phenols is 1. The predicted octanol–water partition coefficient (Wildman–Crippen LogP) is 1.88. The van der Waals surface area contributed by atoms with Gasteiger partial charge in [-0.3, -0.25) is 0 Å². The van der Waals surface area contributed by atoms with E-state index in [0.29, 0.717) is 17.6 Å². The van der Waals surface area contributed by atoms with E-state index in [9.17, 15) is 5.11 Å². The van der Waals surface area contributed by atoms with E-state index in [0.717, 1.165) is 6.54 Å². The average Bonchev–Trinajstić information content (AvgIpc) is 2.83. The topological polar surface area (TPSA) is 46.2 Å². The number of benzene rings is 1. The summed E-state index contributed by atoms with van der Waals surface area (Å²) in [6.45, 7) is 0.764.